The highest BCUT2D eigenvalue weighted by Crippen LogP contribution is 2.25. The third-order valence-corrected chi connectivity index (χ3v) is 3.66. The number of morpholine rings is 1. The maximum atomic E-state index is 5.43. The van der Waals surface area contributed by atoms with Crippen LogP contribution in [0.25, 0.3) is 16.6 Å². The van der Waals surface area contributed by atoms with E-state index in [0.717, 1.165) is 43.2 Å². The van der Waals surface area contributed by atoms with Gasteiger partial charge in [-0.3, -0.25) is 0 Å². The summed E-state index contributed by atoms with van der Waals surface area (Å²) in [6.45, 7) is 3.38. The summed E-state index contributed by atoms with van der Waals surface area (Å²) in [5.74, 6) is 1.06. The SMILES string of the molecule is c1ccc2c(c1)nc(N1CCOCC1)c1cccn12. The van der Waals surface area contributed by atoms with Crippen molar-refractivity contribution in [3.05, 3.63) is 42.6 Å². The molecule has 0 unspecified atom stereocenters. The summed E-state index contributed by atoms with van der Waals surface area (Å²) in [4.78, 5) is 7.16. The summed E-state index contributed by atoms with van der Waals surface area (Å²) in [6.07, 6.45) is 2.10. The Labute approximate surface area is 111 Å². The number of fused-ring (bicyclic) bond motifs is 3. The standard InChI is InChI=1S/C15H15N3O/c1-2-5-13-12(4-1)16-15(14-6-3-7-18(13)14)17-8-10-19-11-9-17/h1-7H,8-11H2. The zero-order chi connectivity index (χ0) is 12.7. The van der Waals surface area contributed by atoms with Crippen LogP contribution in [0.1, 0.15) is 0 Å². The predicted octanol–water partition coefficient (Wildman–Crippen LogP) is 2.32. The van der Waals surface area contributed by atoms with Crippen LogP contribution in [-0.2, 0) is 4.74 Å². The molecule has 4 rings (SSSR count). The topological polar surface area (TPSA) is 29.8 Å². The van der Waals surface area contributed by atoms with Crippen molar-refractivity contribution in [1.82, 2.24) is 9.38 Å². The molecule has 1 fully saturated rings. The zero-order valence-corrected chi connectivity index (χ0v) is 10.6. The lowest BCUT2D eigenvalue weighted by atomic mass is 10.3. The van der Waals surface area contributed by atoms with Crippen LogP contribution < -0.4 is 4.90 Å². The van der Waals surface area contributed by atoms with Gasteiger partial charge in [-0.1, -0.05) is 12.1 Å². The number of hydrogen-bond donors (Lipinski definition) is 0. The van der Waals surface area contributed by atoms with Gasteiger partial charge in [-0.15, -0.1) is 0 Å². The number of nitrogens with zero attached hydrogens (tertiary/aromatic N) is 3. The summed E-state index contributed by atoms with van der Waals surface area (Å²) < 4.78 is 7.64. The molecule has 1 aromatic carbocycles. The molecule has 3 heterocycles. The van der Waals surface area contributed by atoms with Gasteiger partial charge in [-0.25, -0.2) is 4.98 Å². The van der Waals surface area contributed by atoms with Crippen LogP contribution in [0.15, 0.2) is 42.6 Å². The number of para-hydroxylation sites is 2. The number of ether oxygens (including phenoxy) is 1. The number of rotatable bonds is 1. The molecule has 96 valence electrons. The molecular formula is C15H15N3O. The molecule has 3 aromatic rings. The van der Waals surface area contributed by atoms with Crippen LogP contribution in [0.3, 0.4) is 0 Å². The van der Waals surface area contributed by atoms with Crippen LogP contribution in [-0.4, -0.2) is 35.7 Å². The molecule has 0 saturated carbocycles. The summed E-state index contributed by atoms with van der Waals surface area (Å²) in [6, 6.07) is 12.5. The average molecular weight is 253 g/mol. The van der Waals surface area contributed by atoms with Crippen LogP contribution in [0.2, 0.25) is 0 Å². The Kier molecular flexibility index (Phi) is 2.42. The van der Waals surface area contributed by atoms with Gasteiger partial charge in [0, 0.05) is 19.3 Å². The average Bonchev–Trinajstić information content (AvgIpc) is 2.97. The Hall–Kier alpha value is -2.07. The fourth-order valence-electron chi connectivity index (χ4n) is 2.71. The lowest BCUT2D eigenvalue weighted by molar-refractivity contribution is 0.122. The Bertz CT molecular complexity index is 728. The molecule has 0 aliphatic carbocycles. The second-order valence-electron chi connectivity index (χ2n) is 4.79. The van der Waals surface area contributed by atoms with Gasteiger partial charge >= 0.3 is 0 Å². The molecule has 19 heavy (non-hydrogen) atoms. The van der Waals surface area contributed by atoms with Crippen molar-refractivity contribution in [2.24, 2.45) is 0 Å². The van der Waals surface area contributed by atoms with Crippen molar-refractivity contribution in [1.29, 1.82) is 0 Å². The normalized spacial score (nSPS) is 16.3. The van der Waals surface area contributed by atoms with Crippen LogP contribution in [0.5, 0.6) is 0 Å². The van der Waals surface area contributed by atoms with Crippen LogP contribution >= 0.6 is 0 Å². The van der Waals surface area contributed by atoms with Crippen molar-refractivity contribution in [2.75, 3.05) is 31.2 Å². The number of benzene rings is 1. The first-order valence-corrected chi connectivity index (χ1v) is 6.62. The Balaban J connectivity index is 1.99. The lowest BCUT2D eigenvalue weighted by Crippen LogP contribution is -2.37. The fraction of sp³-hybridized carbons (Fsp3) is 0.267. The summed E-state index contributed by atoms with van der Waals surface area (Å²) in [5, 5.41) is 0. The minimum Gasteiger partial charge on any atom is -0.378 e. The maximum absolute atomic E-state index is 5.43. The van der Waals surface area contributed by atoms with Crippen molar-refractivity contribution in [3.63, 3.8) is 0 Å². The minimum atomic E-state index is 0.779. The van der Waals surface area contributed by atoms with Gasteiger partial charge in [0.1, 0.15) is 0 Å². The molecule has 0 atom stereocenters. The zero-order valence-electron chi connectivity index (χ0n) is 10.6. The first-order chi connectivity index (χ1) is 9.43. The molecule has 1 aliphatic heterocycles. The van der Waals surface area contributed by atoms with E-state index < -0.39 is 0 Å². The molecular weight excluding hydrogens is 238 g/mol. The highest BCUT2D eigenvalue weighted by atomic mass is 16.5. The second kappa shape index (κ2) is 4.24. The van der Waals surface area contributed by atoms with E-state index in [1.807, 2.05) is 6.07 Å². The van der Waals surface area contributed by atoms with Gasteiger partial charge in [0.25, 0.3) is 0 Å². The first-order valence-electron chi connectivity index (χ1n) is 6.62. The number of aromatic nitrogens is 2. The van der Waals surface area contributed by atoms with Gasteiger partial charge in [-0.2, -0.15) is 0 Å². The Morgan fingerprint density at radius 1 is 0.947 bits per heavy atom. The van der Waals surface area contributed by atoms with Gasteiger partial charge in [-0.05, 0) is 24.3 Å². The van der Waals surface area contributed by atoms with Gasteiger partial charge in [0.15, 0.2) is 5.82 Å². The Morgan fingerprint density at radius 3 is 2.63 bits per heavy atom. The van der Waals surface area contributed by atoms with E-state index in [4.69, 9.17) is 9.72 Å². The van der Waals surface area contributed by atoms with E-state index in [9.17, 15) is 0 Å². The molecule has 2 aromatic heterocycles. The molecule has 0 amide bonds. The van der Waals surface area contributed by atoms with Gasteiger partial charge in [0.2, 0.25) is 0 Å². The molecule has 0 spiro atoms. The maximum Gasteiger partial charge on any atom is 0.153 e. The predicted molar refractivity (Wildman–Crippen MR) is 75.7 cm³/mol. The lowest BCUT2D eigenvalue weighted by Gasteiger charge is -2.28. The monoisotopic (exact) mass is 253 g/mol. The third-order valence-electron chi connectivity index (χ3n) is 3.66. The van der Waals surface area contributed by atoms with Crippen molar-refractivity contribution in [2.45, 2.75) is 0 Å². The molecule has 4 nitrogen and oxygen atoms in total. The van der Waals surface area contributed by atoms with E-state index in [1.54, 1.807) is 0 Å². The molecule has 4 heteroatoms. The Morgan fingerprint density at radius 2 is 1.74 bits per heavy atom. The molecule has 0 bridgehead atoms. The van der Waals surface area contributed by atoms with E-state index in [1.165, 1.54) is 5.52 Å². The summed E-state index contributed by atoms with van der Waals surface area (Å²) >= 11 is 0. The van der Waals surface area contributed by atoms with Gasteiger partial charge < -0.3 is 14.0 Å². The van der Waals surface area contributed by atoms with Crippen molar-refractivity contribution in [3.8, 4) is 0 Å². The van der Waals surface area contributed by atoms with Gasteiger partial charge in [0.05, 0.1) is 29.8 Å². The fourth-order valence-corrected chi connectivity index (χ4v) is 2.71. The van der Waals surface area contributed by atoms with Crippen LogP contribution in [0, 0.1) is 0 Å². The van der Waals surface area contributed by atoms with E-state index in [-0.39, 0.29) is 0 Å². The largest absolute Gasteiger partial charge is 0.378 e. The van der Waals surface area contributed by atoms with E-state index >= 15 is 0 Å². The van der Waals surface area contributed by atoms with E-state index in [2.05, 4.69) is 45.8 Å². The summed E-state index contributed by atoms with van der Waals surface area (Å²) in [5.41, 5.74) is 3.35. The quantitative estimate of drug-likeness (QED) is 0.666. The molecule has 0 N–H and O–H groups in total. The summed E-state index contributed by atoms with van der Waals surface area (Å²) in [7, 11) is 0. The number of anilines is 1. The smallest absolute Gasteiger partial charge is 0.153 e. The third kappa shape index (κ3) is 1.68. The minimum absolute atomic E-state index is 0.779. The highest BCUT2D eigenvalue weighted by molar-refractivity contribution is 5.85. The molecule has 0 radical (unpaired) electrons. The number of hydrogen-bond acceptors (Lipinski definition) is 3. The molecule has 1 aliphatic rings. The highest BCUT2D eigenvalue weighted by Gasteiger charge is 2.16. The van der Waals surface area contributed by atoms with Crippen molar-refractivity contribution < 1.29 is 4.74 Å². The van der Waals surface area contributed by atoms with Crippen LogP contribution in [0.4, 0.5) is 5.82 Å². The molecule has 1 saturated heterocycles. The first kappa shape index (κ1) is 10.8. The van der Waals surface area contributed by atoms with E-state index in [0.29, 0.717) is 0 Å². The second-order valence-corrected chi connectivity index (χ2v) is 4.79. The van der Waals surface area contributed by atoms with Crippen molar-refractivity contribution >= 4 is 22.4 Å².